The van der Waals surface area contributed by atoms with Gasteiger partial charge in [0.1, 0.15) is 16.8 Å². The maximum atomic E-state index is 13.6. The molecule has 2 rings (SSSR count). The third kappa shape index (κ3) is 3.30. The first-order valence-corrected chi connectivity index (χ1v) is 8.16. The SMILES string of the molecule is N#C/C(=C\c1ccccc1F)S(=O)(=O)c1cc(Cl)ccc1Cl. The summed E-state index contributed by atoms with van der Waals surface area (Å²) < 4.78 is 38.6. The molecule has 0 fully saturated rings. The molecule has 0 bridgehead atoms. The monoisotopic (exact) mass is 355 g/mol. The van der Waals surface area contributed by atoms with Crippen molar-refractivity contribution in [2.45, 2.75) is 4.90 Å². The van der Waals surface area contributed by atoms with Crippen molar-refractivity contribution >= 4 is 39.1 Å². The highest BCUT2D eigenvalue weighted by Gasteiger charge is 2.24. The zero-order chi connectivity index (χ0) is 16.3. The molecule has 112 valence electrons. The van der Waals surface area contributed by atoms with Crippen molar-refractivity contribution in [2.24, 2.45) is 0 Å². The second-order valence-corrected chi connectivity index (χ2v) is 6.95. The Hall–Kier alpha value is -1.87. The van der Waals surface area contributed by atoms with Crippen LogP contribution >= 0.6 is 23.2 Å². The maximum absolute atomic E-state index is 13.6. The smallest absolute Gasteiger partial charge is 0.218 e. The van der Waals surface area contributed by atoms with Crippen LogP contribution in [0.3, 0.4) is 0 Å². The van der Waals surface area contributed by atoms with E-state index in [1.807, 2.05) is 0 Å². The first kappa shape index (κ1) is 16.5. The molecule has 2 aromatic carbocycles. The zero-order valence-electron chi connectivity index (χ0n) is 10.9. The summed E-state index contributed by atoms with van der Waals surface area (Å²) in [5.74, 6) is -0.636. The summed E-state index contributed by atoms with van der Waals surface area (Å²) in [6.07, 6.45) is 0.960. The van der Waals surface area contributed by atoms with Gasteiger partial charge in [0.15, 0.2) is 0 Å². The fourth-order valence-electron chi connectivity index (χ4n) is 1.70. The van der Waals surface area contributed by atoms with Crippen LogP contribution in [0.1, 0.15) is 5.56 Å². The number of hydrogen-bond donors (Lipinski definition) is 0. The number of allylic oxidation sites excluding steroid dienone is 1. The van der Waals surface area contributed by atoms with Gasteiger partial charge in [0.25, 0.3) is 0 Å². The number of benzene rings is 2. The van der Waals surface area contributed by atoms with Crippen LogP contribution in [0.15, 0.2) is 52.3 Å². The van der Waals surface area contributed by atoms with Gasteiger partial charge in [0, 0.05) is 10.6 Å². The molecule has 0 N–H and O–H groups in total. The molecule has 0 unspecified atom stereocenters. The van der Waals surface area contributed by atoms with Crippen molar-refractivity contribution in [2.75, 3.05) is 0 Å². The molecule has 3 nitrogen and oxygen atoms in total. The first-order valence-electron chi connectivity index (χ1n) is 5.92. The quantitative estimate of drug-likeness (QED) is 0.763. The second-order valence-electron chi connectivity index (χ2n) is 4.22. The third-order valence-electron chi connectivity index (χ3n) is 2.77. The summed E-state index contributed by atoms with van der Waals surface area (Å²) in [5.41, 5.74) is -0.0132. The highest BCUT2D eigenvalue weighted by atomic mass is 35.5. The molecule has 2 aromatic rings. The molecule has 0 atom stereocenters. The number of hydrogen-bond acceptors (Lipinski definition) is 3. The van der Waals surface area contributed by atoms with E-state index in [0.29, 0.717) is 0 Å². The van der Waals surface area contributed by atoms with Gasteiger partial charge < -0.3 is 0 Å². The van der Waals surface area contributed by atoms with Crippen molar-refractivity contribution < 1.29 is 12.8 Å². The van der Waals surface area contributed by atoms with Crippen LogP contribution in [-0.2, 0) is 9.84 Å². The van der Waals surface area contributed by atoms with Gasteiger partial charge in [-0.2, -0.15) is 5.26 Å². The van der Waals surface area contributed by atoms with Crippen LogP contribution < -0.4 is 0 Å². The fraction of sp³-hybridized carbons (Fsp3) is 0. The van der Waals surface area contributed by atoms with Crippen LogP contribution in [0, 0.1) is 17.1 Å². The molecule has 0 radical (unpaired) electrons. The summed E-state index contributed by atoms with van der Waals surface area (Å²) in [4.78, 5) is -0.924. The predicted molar refractivity (Wildman–Crippen MR) is 83.6 cm³/mol. The molecule has 0 spiro atoms. The highest BCUT2D eigenvalue weighted by Crippen LogP contribution is 2.30. The Morgan fingerprint density at radius 2 is 1.86 bits per heavy atom. The number of halogens is 3. The Labute approximate surface area is 137 Å². The summed E-state index contributed by atoms with van der Waals surface area (Å²) in [6, 6.07) is 11.0. The molecule has 22 heavy (non-hydrogen) atoms. The Balaban J connectivity index is 2.63. The van der Waals surface area contributed by atoms with Gasteiger partial charge in [0.05, 0.1) is 9.92 Å². The molecule has 0 aromatic heterocycles. The summed E-state index contributed by atoms with van der Waals surface area (Å²) in [7, 11) is -4.20. The lowest BCUT2D eigenvalue weighted by Crippen LogP contribution is -2.04. The van der Waals surface area contributed by atoms with Crippen LogP contribution in [0.25, 0.3) is 6.08 Å². The third-order valence-corrected chi connectivity index (χ3v) is 5.16. The average Bonchev–Trinajstić information content (AvgIpc) is 2.48. The number of sulfone groups is 1. The minimum atomic E-state index is -4.20. The first-order chi connectivity index (χ1) is 10.4. The van der Waals surface area contributed by atoms with Crippen molar-refractivity contribution in [3.63, 3.8) is 0 Å². The van der Waals surface area contributed by atoms with E-state index in [4.69, 9.17) is 28.5 Å². The largest absolute Gasteiger partial charge is 0.218 e. The molecule has 0 aliphatic heterocycles. The van der Waals surface area contributed by atoms with Crippen molar-refractivity contribution in [1.29, 1.82) is 5.26 Å². The Bertz CT molecular complexity index is 902. The molecular formula is C15H8Cl2FNO2S. The van der Waals surface area contributed by atoms with Gasteiger partial charge in [-0.3, -0.25) is 0 Å². The zero-order valence-corrected chi connectivity index (χ0v) is 13.3. The van der Waals surface area contributed by atoms with E-state index >= 15 is 0 Å². The van der Waals surface area contributed by atoms with Gasteiger partial charge >= 0.3 is 0 Å². The number of nitrogens with zero attached hydrogens (tertiary/aromatic N) is 1. The Morgan fingerprint density at radius 3 is 2.50 bits per heavy atom. The van der Waals surface area contributed by atoms with E-state index in [-0.39, 0.29) is 20.5 Å². The van der Waals surface area contributed by atoms with Crippen LogP contribution in [0.4, 0.5) is 4.39 Å². The van der Waals surface area contributed by atoms with E-state index in [9.17, 15) is 12.8 Å². The summed E-state index contributed by atoms with van der Waals surface area (Å²) in [6.45, 7) is 0. The molecule has 0 heterocycles. The lowest BCUT2D eigenvalue weighted by Gasteiger charge is -2.06. The number of nitriles is 1. The summed E-state index contributed by atoms with van der Waals surface area (Å²) >= 11 is 11.6. The molecule has 0 aliphatic carbocycles. The van der Waals surface area contributed by atoms with Gasteiger partial charge in [-0.25, -0.2) is 12.8 Å². The van der Waals surface area contributed by atoms with E-state index in [1.165, 1.54) is 36.4 Å². The minimum Gasteiger partial charge on any atom is -0.218 e. The Morgan fingerprint density at radius 1 is 1.18 bits per heavy atom. The van der Waals surface area contributed by atoms with Gasteiger partial charge in [0.2, 0.25) is 9.84 Å². The van der Waals surface area contributed by atoms with Crippen molar-refractivity contribution in [3.05, 3.63) is 68.8 Å². The summed E-state index contributed by atoms with van der Waals surface area (Å²) in [5, 5.41) is 9.23. The molecule has 7 heteroatoms. The van der Waals surface area contributed by atoms with Crippen LogP contribution in [-0.4, -0.2) is 8.42 Å². The molecule has 0 saturated heterocycles. The van der Waals surface area contributed by atoms with Crippen LogP contribution in [0.5, 0.6) is 0 Å². The lowest BCUT2D eigenvalue weighted by molar-refractivity contribution is 0.603. The van der Waals surface area contributed by atoms with Gasteiger partial charge in [-0.15, -0.1) is 0 Å². The predicted octanol–water partition coefficient (Wildman–Crippen LogP) is 4.47. The average molecular weight is 356 g/mol. The normalized spacial score (nSPS) is 12.0. The van der Waals surface area contributed by atoms with Crippen LogP contribution in [0.2, 0.25) is 10.0 Å². The highest BCUT2D eigenvalue weighted by molar-refractivity contribution is 7.95. The minimum absolute atomic E-state index is 0.0132. The van der Waals surface area contributed by atoms with E-state index < -0.39 is 20.6 Å². The fourth-order valence-corrected chi connectivity index (χ4v) is 3.61. The second kappa shape index (κ2) is 6.49. The van der Waals surface area contributed by atoms with Gasteiger partial charge in [-0.05, 0) is 30.3 Å². The Kier molecular flexibility index (Phi) is 4.87. The molecule has 0 aliphatic rings. The van der Waals surface area contributed by atoms with Crippen molar-refractivity contribution in [1.82, 2.24) is 0 Å². The molecule has 0 amide bonds. The van der Waals surface area contributed by atoms with E-state index in [1.54, 1.807) is 6.07 Å². The standard InChI is InChI=1S/C15H8Cl2FNO2S/c16-11-5-6-13(17)15(8-11)22(20,21)12(9-19)7-10-3-1-2-4-14(10)18/h1-8H/b12-7+. The van der Waals surface area contributed by atoms with E-state index in [0.717, 1.165) is 12.1 Å². The topological polar surface area (TPSA) is 57.9 Å². The lowest BCUT2D eigenvalue weighted by atomic mass is 10.2. The van der Waals surface area contributed by atoms with Gasteiger partial charge in [-0.1, -0.05) is 41.4 Å². The van der Waals surface area contributed by atoms with E-state index in [2.05, 4.69) is 0 Å². The molecular weight excluding hydrogens is 348 g/mol. The number of rotatable bonds is 3. The molecule has 0 saturated carbocycles. The maximum Gasteiger partial charge on any atom is 0.218 e. The van der Waals surface area contributed by atoms with Crippen molar-refractivity contribution in [3.8, 4) is 6.07 Å².